The third-order valence-corrected chi connectivity index (χ3v) is 4.17. The van der Waals surface area contributed by atoms with Crippen LogP contribution in [0.2, 0.25) is 0 Å². The number of nitrogens with zero attached hydrogens (tertiary/aromatic N) is 1. The van der Waals surface area contributed by atoms with Crippen molar-refractivity contribution in [3.8, 4) is 5.75 Å². The van der Waals surface area contributed by atoms with E-state index in [1.165, 1.54) is 13.3 Å². The van der Waals surface area contributed by atoms with Gasteiger partial charge in [0.1, 0.15) is 10.6 Å². The molecule has 5 nitrogen and oxygen atoms in total. The van der Waals surface area contributed by atoms with Crippen molar-refractivity contribution in [2.75, 3.05) is 7.11 Å². The SMILES string of the molecule is CCn1cc(S(=O)(=O)Cl)c(=O)c2cccc(OC)c21. The topological polar surface area (TPSA) is 65.4 Å². The molecule has 0 bridgehead atoms. The van der Waals surface area contributed by atoms with Crippen LogP contribution in [-0.4, -0.2) is 20.1 Å². The number of ether oxygens (including phenoxy) is 1. The lowest BCUT2D eigenvalue weighted by Gasteiger charge is -2.13. The molecule has 1 aromatic heterocycles. The second-order valence-electron chi connectivity index (χ2n) is 3.90. The number of hydrogen-bond acceptors (Lipinski definition) is 4. The molecule has 7 heteroatoms. The molecule has 0 aliphatic carbocycles. The summed E-state index contributed by atoms with van der Waals surface area (Å²) in [7, 11) is 2.71. The highest BCUT2D eigenvalue weighted by Gasteiger charge is 2.20. The molecule has 2 rings (SSSR count). The fraction of sp³-hybridized carbons (Fsp3) is 0.250. The van der Waals surface area contributed by atoms with Gasteiger partial charge in [0.2, 0.25) is 5.43 Å². The molecule has 1 aromatic carbocycles. The van der Waals surface area contributed by atoms with Crippen LogP contribution in [0.5, 0.6) is 5.75 Å². The minimum absolute atomic E-state index is 0.267. The summed E-state index contributed by atoms with van der Waals surface area (Å²) in [6.07, 6.45) is 1.25. The first-order valence-corrected chi connectivity index (χ1v) is 7.86. The molecule has 0 aliphatic rings. The van der Waals surface area contributed by atoms with Crippen LogP contribution < -0.4 is 10.2 Å². The Bertz CT molecular complexity index is 795. The third kappa shape index (κ3) is 2.33. The molecule has 0 aliphatic heterocycles. The Kier molecular flexibility index (Phi) is 3.56. The normalized spacial score (nSPS) is 11.7. The van der Waals surface area contributed by atoms with E-state index >= 15 is 0 Å². The van der Waals surface area contributed by atoms with E-state index < -0.39 is 19.4 Å². The number of halogens is 1. The fourth-order valence-corrected chi connectivity index (χ4v) is 2.90. The van der Waals surface area contributed by atoms with Gasteiger partial charge in [-0.1, -0.05) is 6.07 Å². The second kappa shape index (κ2) is 4.86. The molecule has 0 fully saturated rings. The lowest BCUT2D eigenvalue weighted by atomic mass is 10.2. The van der Waals surface area contributed by atoms with E-state index in [-0.39, 0.29) is 5.39 Å². The summed E-state index contributed by atoms with van der Waals surface area (Å²) >= 11 is 0. The highest BCUT2D eigenvalue weighted by molar-refractivity contribution is 8.13. The van der Waals surface area contributed by atoms with Crippen molar-refractivity contribution >= 4 is 30.6 Å². The lowest BCUT2D eigenvalue weighted by Crippen LogP contribution is -2.16. The zero-order chi connectivity index (χ0) is 14.2. The second-order valence-corrected chi connectivity index (χ2v) is 6.44. The Balaban J connectivity index is 3.04. The van der Waals surface area contributed by atoms with Gasteiger partial charge in [-0.15, -0.1) is 0 Å². The number of hydrogen-bond donors (Lipinski definition) is 0. The third-order valence-electron chi connectivity index (χ3n) is 2.85. The standard InChI is InChI=1S/C12H12ClNO4S/c1-3-14-7-10(19(13,16)17)12(15)8-5-4-6-9(18-2)11(8)14/h4-7H,3H2,1-2H3. The summed E-state index contributed by atoms with van der Waals surface area (Å²) in [5, 5.41) is 0.267. The van der Waals surface area contributed by atoms with Crippen molar-refractivity contribution in [1.29, 1.82) is 0 Å². The molecule has 1 heterocycles. The maximum Gasteiger partial charge on any atom is 0.266 e. The molecule has 0 spiro atoms. The number of aryl methyl sites for hydroxylation is 1. The van der Waals surface area contributed by atoms with Gasteiger partial charge >= 0.3 is 0 Å². The predicted octanol–water partition coefficient (Wildman–Crippen LogP) is 1.96. The van der Waals surface area contributed by atoms with Gasteiger partial charge in [0, 0.05) is 23.4 Å². The van der Waals surface area contributed by atoms with Crippen LogP contribution in [0.15, 0.2) is 34.1 Å². The molecule has 0 N–H and O–H groups in total. The zero-order valence-corrected chi connectivity index (χ0v) is 12.0. The Morgan fingerprint density at radius 2 is 2.05 bits per heavy atom. The minimum Gasteiger partial charge on any atom is -0.495 e. The molecule has 0 unspecified atom stereocenters. The number of benzene rings is 1. The summed E-state index contributed by atoms with van der Waals surface area (Å²) in [5.74, 6) is 0.509. The van der Waals surface area contributed by atoms with Gasteiger partial charge in [-0.2, -0.15) is 0 Å². The lowest BCUT2D eigenvalue weighted by molar-refractivity contribution is 0.417. The fourth-order valence-electron chi connectivity index (χ4n) is 1.99. The van der Waals surface area contributed by atoms with Crippen molar-refractivity contribution in [3.63, 3.8) is 0 Å². The van der Waals surface area contributed by atoms with Gasteiger partial charge in [-0.05, 0) is 19.1 Å². The number of pyridine rings is 1. The maximum atomic E-state index is 12.2. The first-order valence-electron chi connectivity index (χ1n) is 5.55. The van der Waals surface area contributed by atoms with E-state index in [2.05, 4.69) is 0 Å². The van der Waals surface area contributed by atoms with Crippen molar-refractivity contribution in [2.24, 2.45) is 0 Å². The van der Waals surface area contributed by atoms with Crippen molar-refractivity contribution < 1.29 is 13.2 Å². The molecule has 2 aromatic rings. The molecule has 0 saturated carbocycles. The average molecular weight is 302 g/mol. The van der Waals surface area contributed by atoms with Crippen molar-refractivity contribution in [3.05, 3.63) is 34.6 Å². The van der Waals surface area contributed by atoms with Gasteiger partial charge in [0.15, 0.2) is 0 Å². The van der Waals surface area contributed by atoms with Gasteiger partial charge in [0.05, 0.1) is 18.0 Å². The largest absolute Gasteiger partial charge is 0.495 e. The quantitative estimate of drug-likeness (QED) is 0.813. The van der Waals surface area contributed by atoms with Crippen LogP contribution in [0.1, 0.15) is 6.92 Å². The number of methoxy groups -OCH3 is 1. The number of para-hydroxylation sites is 1. The van der Waals surface area contributed by atoms with Gasteiger partial charge in [-0.25, -0.2) is 8.42 Å². The van der Waals surface area contributed by atoms with E-state index in [1.807, 2.05) is 6.92 Å². The Hall–Kier alpha value is -1.53. The van der Waals surface area contributed by atoms with Gasteiger partial charge in [-0.3, -0.25) is 4.79 Å². The molecule has 0 amide bonds. The summed E-state index contributed by atoms with van der Waals surface area (Å²) in [6.45, 7) is 2.32. The summed E-state index contributed by atoms with van der Waals surface area (Å²) in [6, 6.07) is 4.90. The predicted molar refractivity (Wildman–Crippen MR) is 73.5 cm³/mol. The zero-order valence-electron chi connectivity index (χ0n) is 10.4. The van der Waals surface area contributed by atoms with E-state index in [9.17, 15) is 13.2 Å². The Labute approximate surface area is 114 Å². The van der Waals surface area contributed by atoms with Crippen LogP contribution >= 0.6 is 10.7 Å². The summed E-state index contributed by atoms with van der Waals surface area (Å²) in [4.78, 5) is 11.8. The molecular formula is C12H12ClNO4S. The number of aromatic nitrogens is 1. The van der Waals surface area contributed by atoms with E-state index in [0.29, 0.717) is 17.8 Å². The number of rotatable bonds is 3. The monoisotopic (exact) mass is 301 g/mol. The first-order chi connectivity index (χ1) is 8.90. The highest BCUT2D eigenvalue weighted by atomic mass is 35.7. The Morgan fingerprint density at radius 3 is 2.58 bits per heavy atom. The van der Waals surface area contributed by atoms with Gasteiger partial charge < -0.3 is 9.30 Å². The number of fused-ring (bicyclic) bond motifs is 1. The maximum absolute atomic E-state index is 12.2. The molecule has 102 valence electrons. The van der Waals surface area contributed by atoms with Gasteiger partial charge in [0.25, 0.3) is 9.05 Å². The van der Waals surface area contributed by atoms with E-state index in [4.69, 9.17) is 15.4 Å². The molecule has 0 saturated heterocycles. The summed E-state index contributed by atoms with van der Waals surface area (Å²) in [5.41, 5.74) is -0.0600. The molecule has 19 heavy (non-hydrogen) atoms. The molecular weight excluding hydrogens is 290 g/mol. The molecule has 0 atom stereocenters. The van der Waals surface area contributed by atoms with Crippen LogP contribution in [0.25, 0.3) is 10.9 Å². The Morgan fingerprint density at radius 1 is 1.37 bits per heavy atom. The van der Waals surface area contributed by atoms with Crippen LogP contribution in [0, 0.1) is 0 Å². The molecule has 0 radical (unpaired) electrons. The van der Waals surface area contributed by atoms with Crippen LogP contribution in [-0.2, 0) is 15.6 Å². The summed E-state index contributed by atoms with van der Waals surface area (Å²) < 4.78 is 29.7. The minimum atomic E-state index is -4.08. The smallest absolute Gasteiger partial charge is 0.266 e. The van der Waals surface area contributed by atoms with E-state index in [1.54, 1.807) is 22.8 Å². The van der Waals surface area contributed by atoms with Crippen molar-refractivity contribution in [2.45, 2.75) is 18.4 Å². The van der Waals surface area contributed by atoms with E-state index in [0.717, 1.165) is 0 Å². The van der Waals surface area contributed by atoms with Crippen LogP contribution in [0.4, 0.5) is 0 Å². The van der Waals surface area contributed by atoms with Crippen molar-refractivity contribution in [1.82, 2.24) is 4.57 Å². The first kappa shape index (κ1) is 13.9. The van der Waals surface area contributed by atoms with Crippen LogP contribution in [0.3, 0.4) is 0 Å². The average Bonchev–Trinajstić information content (AvgIpc) is 2.37. The highest BCUT2D eigenvalue weighted by Crippen LogP contribution is 2.25.